The van der Waals surface area contributed by atoms with Gasteiger partial charge < -0.3 is 15.7 Å². The van der Waals surface area contributed by atoms with Crippen molar-refractivity contribution in [1.29, 1.82) is 0 Å². The third kappa shape index (κ3) is 7.33. The molecule has 1 fully saturated rings. The van der Waals surface area contributed by atoms with E-state index in [1.165, 1.54) is 0 Å². The van der Waals surface area contributed by atoms with Crippen LogP contribution in [0.4, 0.5) is 0 Å². The molecule has 29 heavy (non-hydrogen) atoms. The monoisotopic (exact) mass is 397 g/mol. The van der Waals surface area contributed by atoms with Crippen LogP contribution < -0.4 is 10.6 Å². The number of benzene rings is 1. The zero-order chi connectivity index (χ0) is 21.1. The van der Waals surface area contributed by atoms with E-state index < -0.39 is 11.6 Å². The van der Waals surface area contributed by atoms with Crippen LogP contribution >= 0.6 is 0 Å². The summed E-state index contributed by atoms with van der Waals surface area (Å²) in [5, 5.41) is 16.1. The second-order valence-corrected chi connectivity index (χ2v) is 7.31. The van der Waals surface area contributed by atoms with Crippen molar-refractivity contribution in [2.75, 3.05) is 26.2 Å². The molecule has 0 spiro atoms. The van der Waals surface area contributed by atoms with Crippen molar-refractivity contribution in [2.24, 2.45) is 0 Å². The van der Waals surface area contributed by atoms with Gasteiger partial charge in [0, 0.05) is 26.2 Å². The summed E-state index contributed by atoms with van der Waals surface area (Å²) in [5.74, 6) is -0.414. The molecule has 2 amide bonds. The number of aliphatic hydroxyl groups is 1. The van der Waals surface area contributed by atoms with Gasteiger partial charge in [-0.15, -0.1) is 13.2 Å². The summed E-state index contributed by atoms with van der Waals surface area (Å²) in [6.07, 6.45) is 7.98. The summed E-state index contributed by atoms with van der Waals surface area (Å²) in [7, 11) is 0. The number of carbonyl (C=O) groups excluding carboxylic acids is 2. The topological polar surface area (TPSA) is 81.7 Å². The van der Waals surface area contributed by atoms with E-state index in [4.69, 9.17) is 0 Å². The van der Waals surface area contributed by atoms with Gasteiger partial charge in [0.05, 0.1) is 18.1 Å². The molecule has 0 bridgehead atoms. The van der Waals surface area contributed by atoms with E-state index in [1.54, 1.807) is 12.2 Å². The third-order valence-electron chi connectivity index (χ3n) is 4.93. The number of amides is 2. The highest BCUT2D eigenvalue weighted by Gasteiger charge is 2.32. The van der Waals surface area contributed by atoms with Gasteiger partial charge in [-0.3, -0.25) is 14.5 Å². The van der Waals surface area contributed by atoms with Crippen LogP contribution in [0.3, 0.4) is 0 Å². The highest BCUT2D eigenvalue weighted by molar-refractivity contribution is 5.88. The van der Waals surface area contributed by atoms with Gasteiger partial charge in [0.2, 0.25) is 11.8 Å². The molecule has 6 heteroatoms. The zero-order valence-corrected chi connectivity index (χ0v) is 16.8. The largest absolute Gasteiger partial charge is 0.387 e. The number of nitrogens with zero attached hydrogens (tertiary/aromatic N) is 1. The van der Waals surface area contributed by atoms with E-state index in [1.807, 2.05) is 47.4 Å². The molecule has 0 saturated carbocycles. The number of carbonyl (C=O) groups is 2. The maximum Gasteiger partial charge on any atom is 0.237 e. The maximum absolute atomic E-state index is 12.5. The molecule has 6 nitrogen and oxygen atoms in total. The van der Waals surface area contributed by atoms with Crippen LogP contribution in [-0.2, 0) is 9.59 Å². The quantitative estimate of drug-likeness (QED) is 0.498. The van der Waals surface area contributed by atoms with Crippen molar-refractivity contribution in [3.63, 3.8) is 0 Å². The van der Waals surface area contributed by atoms with Crippen molar-refractivity contribution < 1.29 is 14.7 Å². The Labute approximate surface area is 173 Å². The Balaban J connectivity index is 1.93. The molecule has 0 aromatic heterocycles. The van der Waals surface area contributed by atoms with Crippen molar-refractivity contribution in [3.8, 4) is 0 Å². The first kappa shape index (κ1) is 22.6. The fourth-order valence-electron chi connectivity index (χ4n) is 3.37. The van der Waals surface area contributed by atoms with Gasteiger partial charge in [-0.05, 0) is 18.4 Å². The van der Waals surface area contributed by atoms with E-state index in [9.17, 15) is 14.7 Å². The minimum absolute atomic E-state index is 0.0449. The predicted molar refractivity (Wildman–Crippen MR) is 116 cm³/mol. The molecule has 1 aromatic rings. The minimum atomic E-state index is -1.11. The Morgan fingerprint density at radius 1 is 1.28 bits per heavy atom. The number of nitrogens with one attached hydrogen (secondary N) is 2. The Morgan fingerprint density at radius 3 is 2.62 bits per heavy atom. The Hall–Kier alpha value is -2.70. The first-order chi connectivity index (χ1) is 14.0. The van der Waals surface area contributed by atoms with Gasteiger partial charge in [0.15, 0.2) is 0 Å². The van der Waals surface area contributed by atoms with Crippen LogP contribution in [-0.4, -0.2) is 59.6 Å². The average molecular weight is 398 g/mol. The average Bonchev–Trinajstić information content (AvgIpc) is 2.70. The van der Waals surface area contributed by atoms with E-state index in [0.717, 1.165) is 5.56 Å². The van der Waals surface area contributed by atoms with E-state index in [-0.39, 0.29) is 24.8 Å². The molecule has 3 N–H and O–H groups in total. The smallest absolute Gasteiger partial charge is 0.237 e. The summed E-state index contributed by atoms with van der Waals surface area (Å²) in [5.41, 5.74) is -0.0153. The number of hydrogen-bond acceptors (Lipinski definition) is 4. The molecule has 1 heterocycles. The van der Waals surface area contributed by atoms with Gasteiger partial charge >= 0.3 is 0 Å². The molecule has 0 radical (unpaired) electrons. The highest BCUT2D eigenvalue weighted by Crippen LogP contribution is 2.16. The predicted octanol–water partition coefficient (Wildman–Crippen LogP) is 1.89. The maximum atomic E-state index is 12.5. The lowest BCUT2D eigenvalue weighted by atomic mass is 9.95. The first-order valence-electron chi connectivity index (χ1n) is 9.91. The number of piperazine rings is 1. The van der Waals surface area contributed by atoms with Crippen molar-refractivity contribution in [3.05, 3.63) is 67.3 Å². The van der Waals surface area contributed by atoms with E-state index in [2.05, 4.69) is 23.8 Å². The third-order valence-corrected chi connectivity index (χ3v) is 4.93. The SMILES string of the molecule is C=CCC(O)(CC=C)CNC(=O)CC1C(=O)NCCN1C/C=C/c1ccccc1. The second kappa shape index (κ2) is 11.3. The van der Waals surface area contributed by atoms with Crippen LogP contribution in [0.15, 0.2) is 61.7 Å². The molecule has 1 aromatic carbocycles. The summed E-state index contributed by atoms with van der Waals surface area (Å²) >= 11 is 0. The molecule has 1 aliphatic heterocycles. The summed E-state index contributed by atoms with van der Waals surface area (Å²) in [6, 6.07) is 9.40. The minimum Gasteiger partial charge on any atom is -0.387 e. The normalized spacial score (nSPS) is 17.7. The molecular formula is C23H31N3O3. The lowest BCUT2D eigenvalue weighted by molar-refractivity contribution is -0.134. The zero-order valence-electron chi connectivity index (χ0n) is 16.8. The number of rotatable bonds is 11. The van der Waals surface area contributed by atoms with Crippen LogP contribution in [0.25, 0.3) is 6.08 Å². The molecule has 1 aliphatic rings. The van der Waals surface area contributed by atoms with Crippen molar-refractivity contribution in [2.45, 2.75) is 30.9 Å². The van der Waals surface area contributed by atoms with Crippen molar-refractivity contribution >= 4 is 17.9 Å². The Kier molecular flexibility index (Phi) is 8.83. The summed E-state index contributed by atoms with van der Waals surface area (Å²) in [6.45, 7) is 9.21. The van der Waals surface area contributed by atoms with Crippen molar-refractivity contribution in [1.82, 2.24) is 15.5 Å². The van der Waals surface area contributed by atoms with Gasteiger partial charge in [0.25, 0.3) is 0 Å². The van der Waals surface area contributed by atoms with E-state index >= 15 is 0 Å². The Bertz CT molecular complexity index is 720. The fraction of sp³-hybridized carbons (Fsp3) is 0.391. The molecule has 156 valence electrons. The van der Waals surface area contributed by atoms with Gasteiger partial charge in [-0.2, -0.15) is 0 Å². The summed E-state index contributed by atoms with van der Waals surface area (Å²) in [4.78, 5) is 26.8. The Morgan fingerprint density at radius 2 is 1.97 bits per heavy atom. The molecule has 1 unspecified atom stereocenters. The lowest BCUT2D eigenvalue weighted by Crippen LogP contribution is -2.56. The van der Waals surface area contributed by atoms with E-state index in [0.29, 0.717) is 32.5 Å². The van der Waals surface area contributed by atoms with Gasteiger partial charge in [-0.25, -0.2) is 0 Å². The summed E-state index contributed by atoms with van der Waals surface area (Å²) < 4.78 is 0. The number of hydrogen-bond donors (Lipinski definition) is 3. The first-order valence-corrected chi connectivity index (χ1v) is 9.91. The van der Waals surface area contributed by atoms with Gasteiger partial charge in [0.1, 0.15) is 0 Å². The van der Waals surface area contributed by atoms with Gasteiger partial charge in [-0.1, -0.05) is 54.6 Å². The molecular weight excluding hydrogens is 366 g/mol. The molecule has 1 atom stereocenters. The fourth-order valence-corrected chi connectivity index (χ4v) is 3.37. The van der Waals surface area contributed by atoms with Crippen LogP contribution in [0.2, 0.25) is 0 Å². The standard InChI is InChI=1S/C23H31N3O3/c1-3-12-23(29,13-4-2)18-25-21(27)17-20-22(28)24-14-16-26(20)15-8-11-19-9-6-5-7-10-19/h3-11,20,29H,1-2,12-18H2,(H,24,28)(H,25,27)/b11-8+. The van der Waals surface area contributed by atoms with Crippen LogP contribution in [0.5, 0.6) is 0 Å². The van der Waals surface area contributed by atoms with Crippen LogP contribution in [0.1, 0.15) is 24.8 Å². The molecule has 2 rings (SSSR count). The molecule has 0 aliphatic carbocycles. The lowest BCUT2D eigenvalue weighted by Gasteiger charge is -2.34. The van der Waals surface area contributed by atoms with Crippen LogP contribution in [0, 0.1) is 0 Å². The molecule has 1 saturated heterocycles. The highest BCUT2D eigenvalue weighted by atomic mass is 16.3. The second-order valence-electron chi connectivity index (χ2n) is 7.31.